The third-order valence-electron chi connectivity index (χ3n) is 4.31. The molecule has 1 aliphatic carbocycles. The van der Waals surface area contributed by atoms with Crippen molar-refractivity contribution in [3.63, 3.8) is 0 Å². The van der Waals surface area contributed by atoms with E-state index >= 15 is 0 Å². The van der Waals surface area contributed by atoms with Crippen LogP contribution < -0.4 is 0 Å². The summed E-state index contributed by atoms with van der Waals surface area (Å²) in [4.78, 5) is 29.7. The largest absolute Gasteiger partial charge is 0.477 e. The van der Waals surface area contributed by atoms with Crippen LogP contribution in [-0.4, -0.2) is 50.1 Å². The zero-order valence-electron chi connectivity index (χ0n) is 12.2. The van der Waals surface area contributed by atoms with Gasteiger partial charge in [0.1, 0.15) is 11.1 Å². The van der Waals surface area contributed by atoms with E-state index in [-0.39, 0.29) is 22.2 Å². The Hall–Kier alpha value is -1.01. The monoisotopic (exact) mass is 342 g/mol. The zero-order chi connectivity index (χ0) is 15.7. The topological polar surface area (TPSA) is 70.0 Å². The Morgan fingerprint density at radius 2 is 2.05 bits per heavy atom. The minimum atomic E-state index is -1.07. The predicted molar refractivity (Wildman–Crippen MR) is 87.4 cm³/mol. The molecule has 0 aromatic heterocycles. The fraction of sp³-hybridized carbons (Fsp3) is 0.667. The molecule has 22 heavy (non-hydrogen) atoms. The van der Waals surface area contributed by atoms with Crippen molar-refractivity contribution in [3.05, 3.63) is 11.8 Å². The molecule has 3 aliphatic rings. The van der Waals surface area contributed by atoms with Crippen molar-refractivity contribution in [3.8, 4) is 0 Å². The summed E-state index contributed by atoms with van der Waals surface area (Å²) in [6.07, 6.45) is 8.20. The number of β-lactam (4-membered cyclic amide) rings is 1. The van der Waals surface area contributed by atoms with Gasteiger partial charge in [-0.2, -0.15) is 0 Å². The molecular formula is C15H19ClN2O3S. The van der Waals surface area contributed by atoms with Gasteiger partial charge in [-0.15, -0.1) is 23.4 Å². The van der Waals surface area contributed by atoms with Crippen LogP contribution in [0.4, 0.5) is 0 Å². The second kappa shape index (κ2) is 6.62. The number of carboxylic acid groups (broad SMARTS) is 1. The molecule has 0 aromatic carbocycles. The number of nitrogens with zero attached hydrogens (tertiary/aromatic N) is 2. The lowest BCUT2D eigenvalue weighted by Gasteiger charge is -2.48. The van der Waals surface area contributed by atoms with Gasteiger partial charge in [0.2, 0.25) is 0 Å². The summed E-state index contributed by atoms with van der Waals surface area (Å²) in [6, 6.07) is -0.438. The van der Waals surface area contributed by atoms with E-state index in [9.17, 15) is 14.7 Å². The SMILES string of the molecule is O=C(O)C1=CC(CCl)S[C@@H]2[C@H](N=C3CCCCCC3)C(=O)N12. The lowest BCUT2D eigenvalue weighted by molar-refractivity contribution is -0.147. The molecule has 1 N–H and O–H groups in total. The van der Waals surface area contributed by atoms with Crippen LogP contribution in [0.3, 0.4) is 0 Å². The first-order valence-electron chi connectivity index (χ1n) is 7.67. The average molecular weight is 343 g/mol. The molecule has 2 aliphatic heterocycles. The van der Waals surface area contributed by atoms with Crippen molar-refractivity contribution in [2.24, 2.45) is 4.99 Å². The summed E-state index contributed by atoms with van der Waals surface area (Å²) in [7, 11) is 0. The highest BCUT2D eigenvalue weighted by atomic mass is 35.5. The number of carbonyl (C=O) groups is 2. The third kappa shape index (κ3) is 2.91. The van der Waals surface area contributed by atoms with Gasteiger partial charge in [-0.1, -0.05) is 12.8 Å². The number of hydrogen-bond donors (Lipinski definition) is 1. The maximum atomic E-state index is 12.3. The molecule has 2 fully saturated rings. The zero-order valence-corrected chi connectivity index (χ0v) is 13.8. The van der Waals surface area contributed by atoms with Crippen LogP contribution in [-0.2, 0) is 9.59 Å². The van der Waals surface area contributed by atoms with Gasteiger partial charge >= 0.3 is 5.97 Å². The number of fused-ring (bicyclic) bond motifs is 1. The van der Waals surface area contributed by atoms with Crippen LogP contribution in [0.25, 0.3) is 0 Å². The standard InChI is InChI=1S/C15H19ClN2O3S/c16-8-10-7-11(15(20)21)18-13(19)12(14(18)22-10)17-9-5-3-1-2-4-6-9/h7,10,12,14H,1-6,8H2,(H,20,21)/t10?,12-,14-/m1/s1. The molecule has 1 saturated heterocycles. The molecule has 1 saturated carbocycles. The first kappa shape index (κ1) is 15.9. The highest BCUT2D eigenvalue weighted by Gasteiger charge is 2.53. The van der Waals surface area contributed by atoms with Gasteiger partial charge in [-0.25, -0.2) is 4.79 Å². The Morgan fingerprint density at radius 1 is 1.36 bits per heavy atom. The van der Waals surface area contributed by atoms with Crippen LogP contribution in [0, 0.1) is 0 Å². The fourth-order valence-corrected chi connectivity index (χ4v) is 4.76. The molecule has 7 heteroatoms. The van der Waals surface area contributed by atoms with Gasteiger partial charge in [0.25, 0.3) is 5.91 Å². The summed E-state index contributed by atoms with van der Waals surface area (Å²) < 4.78 is 0. The number of carbonyl (C=O) groups excluding carboxylic acids is 1. The highest BCUT2D eigenvalue weighted by Crippen LogP contribution is 2.42. The molecule has 3 rings (SSSR count). The van der Waals surface area contributed by atoms with E-state index in [0.717, 1.165) is 31.4 Å². The molecule has 0 aromatic rings. The molecule has 3 atom stereocenters. The number of amides is 1. The van der Waals surface area contributed by atoms with Crippen LogP contribution in [0.5, 0.6) is 0 Å². The number of aliphatic carboxylic acids is 1. The quantitative estimate of drug-likeness (QED) is 0.486. The minimum Gasteiger partial charge on any atom is -0.477 e. The summed E-state index contributed by atoms with van der Waals surface area (Å²) in [5.41, 5.74) is 1.17. The number of halogens is 1. The Kier molecular flexibility index (Phi) is 4.78. The van der Waals surface area contributed by atoms with Gasteiger partial charge in [0, 0.05) is 16.8 Å². The van der Waals surface area contributed by atoms with Crippen molar-refractivity contribution >= 4 is 41.0 Å². The highest BCUT2D eigenvalue weighted by molar-refractivity contribution is 8.01. The van der Waals surface area contributed by atoms with E-state index in [2.05, 4.69) is 4.99 Å². The Bertz CT molecular complexity index is 539. The molecule has 0 radical (unpaired) electrons. The lowest BCUT2D eigenvalue weighted by atomic mass is 10.0. The van der Waals surface area contributed by atoms with E-state index in [4.69, 9.17) is 11.6 Å². The van der Waals surface area contributed by atoms with E-state index < -0.39 is 12.0 Å². The van der Waals surface area contributed by atoms with Crippen LogP contribution in [0.15, 0.2) is 16.8 Å². The number of hydrogen-bond acceptors (Lipinski definition) is 4. The van der Waals surface area contributed by atoms with E-state index in [1.165, 1.54) is 29.5 Å². The van der Waals surface area contributed by atoms with Gasteiger partial charge in [0.05, 0.1) is 0 Å². The number of carboxylic acids is 1. The summed E-state index contributed by atoms with van der Waals surface area (Å²) >= 11 is 7.42. The molecule has 1 unspecified atom stereocenters. The molecule has 5 nitrogen and oxygen atoms in total. The van der Waals surface area contributed by atoms with Crippen LogP contribution in [0.1, 0.15) is 38.5 Å². The smallest absolute Gasteiger partial charge is 0.352 e. The third-order valence-corrected chi connectivity index (χ3v) is 6.22. The number of alkyl halides is 1. The van der Waals surface area contributed by atoms with Gasteiger partial charge in [-0.3, -0.25) is 14.7 Å². The maximum Gasteiger partial charge on any atom is 0.352 e. The molecule has 0 bridgehead atoms. The maximum absolute atomic E-state index is 12.3. The Balaban J connectivity index is 1.80. The lowest BCUT2D eigenvalue weighted by Crippen LogP contribution is -2.64. The fourth-order valence-electron chi connectivity index (χ4n) is 3.15. The van der Waals surface area contributed by atoms with Gasteiger partial charge in [0.15, 0.2) is 6.04 Å². The summed E-state index contributed by atoms with van der Waals surface area (Å²) in [5, 5.41) is 8.98. The van der Waals surface area contributed by atoms with E-state index in [0.29, 0.717) is 5.88 Å². The normalized spacial score (nSPS) is 31.8. The Morgan fingerprint density at radius 3 is 2.64 bits per heavy atom. The minimum absolute atomic E-state index is 0.0525. The second-order valence-electron chi connectivity index (χ2n) is 5.84. The summed E-state index contributed by atoms with van der Waals surface area (Å²) in [5.74, 6) is -0.936. The predicted octanol–water partition coefficient (Wildman–Crippen LogP) is 2.64. The molecule has 0 spiro atoms. The average Bonchev–Trinajstić information content (AvgIpc) is 2.79. The molecule has 120 valence electrons. The van der Waals surface area contributed by atoms with E-state index in [1.807, 2.05) is 0 Å². The van der Waals surface area contributed by atoms with Gasteiger partial charge in [-0.05, 0) is 31.8 Å². The molecule has 1 amide bonds. The first-order valence-corrected chi connectivity index (χ1v) is 9.14. The second-order valence-corrected chi connectivity index (χ2v) is 7.51. The number of aliphatic imine (C=N–C) groups is 1. The summed E-state index contributed by atoms with van der Waals surface area (Å²) in [6.45, 7) is 0. The van der Waals surface area contributed by atoms with Crippen molar-refractivity contribution in [2.45, 2.75) is 55.2 Å². The Labute approximate surface area is 138 Å². The molecular weight excluding hydrogens is 324 g/mol. The van der Waals surface area contributed by atoms with Crippen molar-refractivity contribution in [1.82, 2.24) is 4.90 Å². The van der Waals surface area contributed by atoms with Crippen LogP contribution in [0.2, 0.25) is 0 Å². The van der Waals surface area contributed by atoms with Crippen molar-refractivity contribution in [2.75, 3.05) is 5.88 Å². The van der Waals surface area contributed by atoms with Crippen molar-refractivity contribution in [1.29, 1.82) is 0 Å². The van der Waals surface area contributed by atoms with Gasteiger partial charge < -0.3 is 5.11 Å². The first-order chi connectivity index (χ1) is 10.6. The molecule has 2 heterocycles. The van der Waals surface area contributed by atoms with Crippen molar-refractivity contribution < 1.29 is 14.7 Å². The number of rotatable bonds is 3. The van der Waals surface area contributed by atoms with E-state index in [1.54, 1.807) is 6.08 Å². The number of thioether (sulfide) groups is 1. The van der Waals surface area contributed by atoms with Crippen LogP contribution >= 0.6 is 23.4 Å².